The molecule has 0 bridgehead atoms. The van der Waals surface area contributed by atoms with Gasteiger partial charge in [-0.1, -0.05) is 5.16 Å². The molecule has 19 heavy (non-hydrogen) atoms. The lowest BCUT2D eigenvalue weighted by Crippen LogP contribution is -2.12. The Hall–Kier alpha value is -1.89. The number of hydrogen-bond acceptors (Lipinski definition) is 3. The molecular formula is C12H10F4N2O. The highest BCUT2D eigenvalue weighted by Crippen LogP contribution is 2.36. The van der Waals surface area contributed by atoms with Crippen molar-refractivity contribution in [1.82, 2.24) is 5.16 Å². The largest absolute Gasteiger partial charge is 0.437 e. The van der Waals surface area contributed by atoms with Crippen LogP contribution < -0.4 is 5.73 Å². The standard InChI is InChI=1S/C12H10F4N2O/c13-8-3-1-7(2-4-8)10-9(5-6-17)11(18-19-10)12(14,15)16/h1-4H,5-6,17H2. The Balaban J connectivity index is 2.51. The number of nitrogens with two attached hydrogens (primary N) is 1. The van der Waals surface area contributed by atoms with Crippen molar-refractivity contribution in [3.05, 3.63) is 41.3 Å². The highest BCUT2D eigenvalue weighted by Gasteiger charge is 2.39. The van der Waals surface area contributed by atoms with Crippen LogP contribution in [0, 0.1) is 5.82 Å². The van der Waals surface area contributed by atoms with Gasteiger partial charge in [0.1, 0.15) is 5.82 Å². The molecule has 1 aromatic carbocycles. The molecule has 0 atom stereocenters. The predicted molar refractivity (Wildman–Crippen MR) is 59.7 cm³/mol. The van der Waals surface area contributed by atoms with E-state index in [9.17, 15) is 17.6 Å². The van der Waals surface area contributed by atoms with E-state index in [0.717, 1.165) is 12.1 Å². The Bertz CT molecular complexity index is 560. The fourth-order valence-electron chi connectivity index (χ4n) is 1.74. The van der Waals surface area contributed by atoms with E-state index < -0.39 is 17.7 Å². The Morgan fingerprint density at radius 3 is 2.32 bits per heavy atom. The molecule has 0 radical (unpaired) electrons. The zero-order chi connectivity index (χ0) is 14.0. The van der Waals surface area contributed by atoms with E-state index in [0.29, 0.717) is 5.56 Å². The van der Waals surface area contributed by atoms with Crippen LogP contribution in [0.2, 0.25) is 0 Å². The Morgan fingerprint density at radius 2 is 1.79 bits per heavy atom. The monoisotopic (exact) mass is 274 g/mol. The van der Waals surface area contributed by atoms with Crippen molar-refractivity contribution in [2.75, 3.05) is 6.54 Å². The summed E-state index contributed by atoms with van der Waals surface area (Å²) in [6.07, 6.45) is -4.63. The number of alkyl halides is 3. The molecular weight excluding hydrogens is 264 g/mol. The van der Waals surface area contributed by atoms with Crippen molar-refractivity contribution in [2.45, 2.75) is 12.6 Å². The van der Waals surface area contributed by atoms with E-state index in [-0.39, 0.29) is 24.3 Å². The molecule has 2 aromatic rings. The first-order valence-corrected chi connectivity index (χ1v) is 5.45. The van der Waals surface area contributed by atoms with Crippen molar-refractivity contribution < 1.29 is 22.1 Å². The van der Waals surface area contributed by atoms with Crippen LogP contribution in [0.5, 0.6) is 0 Å². The molecule has 0 saturated carbocycles. The number of hydrogen-bond donors (Lipinski definition) is 1. The first-order valence-electron chi connectivity index (χ1n) is 5.45. The van der Waals surface area contributed by atoms with Gasteiger partial charge in [-0.3, -0.25) is 0 Å². The highest BCUT2D eigenvalue weighted by atomic mass is 19.4. The van der Waals surface area contributed by atoms with E-state index in [2.05, 4.69) is 5.16 Å². The van der Waals surface area contributed by atoms with Crippen molar-refractivity contribution in [3.63, 3.8) is 0 Å². The molecule has 0 spiro atoms. The molecule has 3 nitrogen and oxygen atoms in total. The number of aromatic nitrogens is 1. The van der Waals surface area contributed by atoms with Gasteiger partial charge in [0.05, 0.1) is 0 Å². The molecule has 0 aliphatic rings. The fourth-order valence-corrected chi connectivity index (χ4v) is 1.74. The van der Waals surface area contributed by atoms with Crippen LogP contribution in [0.4, 0.5) is 17.6 Å². The number of rotatable bonds is 3. The second-order valence-corrected chi connectivity index (χ2v) is 3.88. The normalized spacial score (nSPS) is 11.8. The van der Waals surface area contributed by atoms with Gasteiger partial charge in [-0.05, 0) is 37.2 Å². The molecule has 1 heterocycles. The number of halogens is 4. The van der Waals surface area contributed by atoms with Gasteiger partial charge in [0.2, 0.25) is 0 Å². The maximum atomic E-state index is 12.8. The van der Waals surface area contributed by atoms with Gasteiger partial charge in [-0.2, -0.15) is 13.2 Å². The summed E-state index contributed by atoms with van der Waals surface area (Å²) in [5.74, 6) is -0.516. The summed E-state index contributed by atoms with van der Waals surface area (Å²) in [6.45, 7) is 0.0263. The fraction of sp³-hybridized carbons (Fsp3) is 0.250. The second-order valence-electron chi connectivity index (χ2n) is 3.88. The third-order valence-electron chi connectivity index (χ3n) is 2.56. The molecule has 0 aliphatic heterocycles. The van der Waals surface area contributed by atoms with Crippen molar-refractivity contribution >= 4 is 0 Å². The molecule has 7 heteroatoms. The maximum absolute atomic E-state index is 12.8. The quantitative estimate of drug-likeness (QED) is 0.875. The molecule has 0 unspecified atom stereocenters. The molecule has 2 N–H and O–H groups in total. The van der Waals surface area contributed by atoms with Crippen LogP contribution in [0.15, 0.2) is 28.8 Å². The van der Waals surface area contributed by atoms with Crippen molar-refractivity contribution in [1.29, 1.82) is 0 Å². The zero-order valence-electron chi connectivity index (χ0n) is 9.67. The SMILES string of the molecule is NCCc1c(C(F)(F)F)noc1-c1ccc(F)cc1. The van der Waals surface area contributed by atoms with Crippen LogP contribution in [0.25, 0.3) is 11.3 Å². The lowest BCUT2D eigenvalue weighted by atomic mass is 10.0. The lowest BCUT2D eigenvalue weighted by Gasteiger charge is -2.05. The van der Waals surface area contributed by atoms with Gasteiger partial charge in [0.15, 0.2) is 11.5 Å². The van der Waals surface area contributed by atoms with E-state index >= 15 is 0 Å². The molecule has 0 amide bonds. The van der Waals surface area contributed by atoms with Gasteiger partial charge >= 0.3 is 6.18 Å². The topological polar surface area (TPSA) is 52.0 Å². The van der Waals surface area contributed by atoms with E-state index in [1.165, 1.54) is 12.1 Å². The van der Waals surface area contributed by atoms with Gasteiger partial charge in [0.25, 0.3) is 0 Å². The van der Waals surface area contributed by atoms with E-state index in [1.54, 1.807) is 0 Å². The summed E-state index contributed by atoms with van der Waals surface area (Å²) in [7, 11) is 0. The number of benzene rings is 1. The van der Waals surface area contributed by atoms with Crippen molar-refractivity contribution in [2.24, 2.45) is 5.73 Å². The molecule has 0 aliphatic carbocycles. The summed E-state index contributed by atoms with van der Waals surface area (Å²) in [4.78, 5) is 0. The van der Waals surface area contributed by atoms with E-state index in [4.69, 9.17) is 10.3 Å². The average Bonchev–Trinajstić information content (AvgIpc) is 2.74. The van der Waals surface area contributed by atoms with Crippen LogP contribution in [0.3, 0.4) is 0 Å². The van der Waals surface area contributed by atoms with Gasteiger partial charge in [-0.15, -0.1) is 0 Å². The molecule has 1 aromatic heterocycles. The Labute approximate surface area is 106 Å². The summed E-state index contributed by atoms with van der Waals surface area (Å²) in [6, 6.07) is 4.93. The van der Waals surface area contributed by atoms with Crippen LogP contribution >= 0.6 is 0 Å². The third kappa shape index (κ3) is 2.76. The summed E-state index contributed by atoms with van der Waals surface area (Å²) >= 11 is 0. The maximum Gasteiger partial charge on any atom is 0.437 e. The Morgan fingerprint density at radius 1 is 1.16 bits per heavy atom. The highest BCUT2D eigenvalue weighted by molar-refractivity contribution is 5.62. The van der Waals surface area contributed by atoms with Gasteiger partial charge < -0.3 is 10.3 Å². The lowest BCUT2D eigenvalue weighted by molar-refractivity contribution is -0.143. The Kier molecular flexibility index (Phi) is 3.57. The average molecular weight is 274 g/mol. The minimum absolute atomic E-state index is 0.0228. The molecule has 0 fully saturated rings. The third-order valence-corrected chi connectivity index (χ3v) is 2.56. The minimum atomic E-state index is -4.60. The first-order chi connectivity index (χ1) is 8.93. The van der Waals surface area contributed by atoms with Crippen LogP contribution in [-0.4, -0.2) is 11.7 Å². The van der Waals surface area contributed by atoms with Crippen LogP contribution in [-0.2, 0) is 12.6 Å². The summed E-state index contributed by atoms with van der Waals surface area (Å²) < 4.78 is 55.8. The van der Waals surface area contributed by atoms with Crippen LogP contribution in [0.1, 0.15) is 11.3 Å². The molecule has 102 valence electrons. The summed E-state index contributed by atoms with van der Waals surface area (Å²) in [5.41, 5.74) is 4.44. The minimum Gasteiger partial charge on any atom is -0.355 e. The second kappa shape index (κ2) is 5.00. The summed E-state index contributed by atoms with van der Waals surface area (Å²) in [5, 5.41) is 3.06. The van der Waals surface area contributed by atoms with Gasteiger partial charge in [0, 0.05) is 11.1 Å². The molecule has 2 rings (SSSR count). The van der Waals surface area contributed by atoms with Gasteiger partial charge in [-0.25, -0.2) is 4.39 Å². The van der Waals surface area contributed by atoms with Crippen molar-refractivity contribution in [3.8, 4) is 11.3 Å². The number of nitrogens with zero attached hydrogens (tertiary/aromatic N) is 1. The predicted octanol–water partition coefficient (Wildman–Crippen LogP) is 3.00. The van der Waals surface area contributed by atoms with E-state index in [1.807, 2.05) is 0 Å². The first kappa shape index (κ1) is 13.5. The smallest absolute Gasteiger partial charge is 0.355 e. The molecule has 0 saturated heterocycles. The zero-order valence-corrected chi connectivity index (χ0v) is 9.67.